The lowest BCUT2D eigenvalue weighted by Gasteiger charge is -2.04. The number of benzene rings is 2. The van der Waals surface area contributed by atoms with Gasteiger partial charge in [-0.1, -0.05) is 29.8 Å². The zero-order chi connectivity index (χ0) is 12.1. The monoisotopic (exact) mass is 245 g/mol. The highest BCUT2D eigenvalue weighted by atomic mass is 35.5. The van der Waals surface area contributed by atoms with E-state index in [1.54, 1.807) is 19.4 Å². The Morgan fingerprint density at radius 1 is 1.12 bits per heavy atom. The van der Waals surface area contributed by atoms with Gasteiger partial charge in [0.05, 0.1) is 12.8 Å². The van der Waals surface area contributed by atoms with Crippen molar-refractivity contribution in [2.75, 3.05) is 7.11 Å². The molecule has 2 aromatic rings. The van der Waals surface area contributed by atoms with Gasteiger partial charge in [-0.05, 0) is 30.3 Å². The summed E-state index contributed by atoms with van der Waals surface area (Å²) in [6.07, 6.45) is 1.75. The second kappa shape index (κ2) is 5.51. The number of halogens is 1. The first kappa shape index (κ1) is 11.7. The lowest BCUT2D eigenvalue weighted by molar-refractivity contribution is 0.414. The molecular weight excluding hydrogens is 234 g/mol. The van der Waals surface area contributed by atoms with Crippen LogP contribution in [0.5, 0.6) is 5.75 Å². The predicted molar refractivity (Wildman–Crippen MR) is 71.7 cm³/mol. The summed E-state index contributed by atoms with van der Waals surface area (Å²) in [6, 6.07) is 15.2. The Hall–Kier alpha value is -1.80. The molecule has 0 unspecified atom stereocenters. The third kappa shape index (κ3) is 3.08. The van der Waals surface area contributed by atoms with Gasteiger partial charge in [0, 0.05) is 16.8 Å². The molecular formula is C14H12ClNO. The largest absolute Gasteiger partial charge is 0.496 e. The van der Waals surface area contributed by atoms with Crippen molar-refractivity contribution in [1.29, 1.82) is 0 Å². The van der Waals surface area contributed by atoms with Crippen LogP contribution in [0, 0.1) is 0 Å². The zero-order valence-corrected chi connectivity index (χ0v) is 10.2. The lowest BCUT2D eigenvalue weighted by atomic mass is 10.2. The van der Waals surface area contributed by atoms with Crippen LogP contribution in [0.3, 0.4) is 0 Å². The van der Waals surface area contributed by atoms with Gasteiger partial charge in [0.15, 0.2) is 0 Å². The van der Waals surface area contributed by atoms with Crippen LogP contribution in [-0.2, 0) is 0 Å². The number of para-hydroxylation sites is 1. The van der Waals surface area contributed by atoms with Gasteiger partial charge in [-0.3, -0.25) is 4.99 Å². The van der Waals surface area contributed by atoms with E-state index < -0.39 is 0 Å². The third-order valence-corrected chi connectivity index (χ3v) is 2.54. The molecule has 0 N–H and O–H groups in total. The highest BCUT2D eigenvalue weighted by molar-refractivity contribution is 6.30. The molecule has 0 atom stereocenters. The summed E-state index contributed by atoms with van der Waals surface area (Å²) >= 11 is 5.94. The molecule has 0 fully saturated rings. The number of rotatable bonds is 3. The Bertz CT molecular complexity index is 523. The Kier molecular flexibility index (Phi) is 3.78. The average molecular weight is 246 g/mol. The van der Waals surface area contributed by atoms with Gasteiger partial charge < -0.3 is 4.74 Å². The van der Waals surface area contributed by atoms with Crippen LogP contribution in [0.4, 0.5) is 5.69 Å². The highest BCUT2D eigenvalue weighted by Crippen LogP contribution is 2.21. The van der Waals surface area contributed by atoms with Crippen molar-refractivity contribution < 1.29 is 4.74 Å². The molecule has 0 heterocycles. The molecule has 0 amide bonds. The normalized spacial score (nSPS) is 10.7. The fourth-order valence-corrected chi connectivity index (χ4v) is 1.64. The van der Waals surface area contributed by atoms with Gasteiger partial charge in [-0.15, -0.1) is 0 Å². The molecule has 0 bridgehead atoms. The summed E-state index contributed by atoms with van der Waals surface area (Å²) in [7, 11) is 1.63. The van der Waals surface area contributed by atoms with E-state index >= 15 is 0 Å². The standard InChI is InChI=1S/C14H12ClNO/c1-17-14-8-7-12(15)9-11(14)10-16-13-5-3-2-4-6-13/h2-10H,1H3. The van der Waals surface area contributed by atoms with E-state index in [1.165, 1.54) is 0 Å². The first-order valence-corrected chi connectivity index (χ1v) is 5.60. The molecule has 0 aliphatic carbocycles. The fourth-order valence-electron chi connectivity index (χ4n) is 1.46. The highest BCUT2D eigenvalue weighted by Gasteiger charge is 2.00. The van der Waals surface area contributed by atoms with Crippen molar-refractivity contribution in [3.63, 3.8) is 0 Å². The van der Waals surface area contributed by atoms with Crippen LogP contribution in [0.1, 0.15) is 5.56 Å². The maximum Gasteiger partial charge on any atom is 0.127 e. The molecule has 2 rings (SSSR count). The van der Waals surface area contributed by atoms with E-state index in [2.05, 4.69) is 4.99 Å². The molecule has 0 saturated heterocycles. The predicted octanol–water partition coefficient (Wildman–Crippen LogP) is 4.10. The molecule has 0 spiro atoms. The molecule has 0 aliphatic heterocycles. The van der Waals surface area contributed by atoms with Crippen LogP contribution >= 0.6 is 11.6 Å². The van der Waals surface area contributed by atoms with Crippen molar-refractivity contribution in [3.8, 4) is 5.75 Å². The van der Waals surface area contributed by atoms with Crippen LogP contribution < -0.4 is 4.74 Å². The molecule has 0 saturated carbocycles. The first-order valence-electron chi connectivity index (χ1n) is 5.22. The molecule has 86 valence electrons. The summed E-state index contributed by atoms with van der Waals surface area (Å²) < 4.78 is 5.24. The van der Waals surface area contributed by atoms with Gasteiger partial charge in [0.25, 0.3) is 0 Å². The van der Waals surface area contributed by atoms with Gasteiger partial charge in [0.1, 0.15) is 5.75 Å². The Balaban J connectivity index is 2.29. The van der Waals surface area contributed by atoms with Gasteiger partial charge >= 0.3 is 0 Å². The van der Waals surface area contributed by atoms with Crippen molar-refractivity contribution in [2.45, 2.75) is 0 Å². The number of ether oxygens (including phenoxy) is 1. The van der Waals surface area contributed by atoms with E-state index in [-0.39, 0.29) is 0 Å². The van der Waals surface area contributed by atoms with Crippen molar-refractivity contribution in [1.82, 2.24) is 0 Å². The Morgan fingerprint density at radius 3 is 2.59 bits per heavy atom. The minimum atomic E-state index is 0.667. The second-order valence-corrected chi connectivity index (χ2v) is 3.92. The maximum absolute atomic E-state index is 5.94. The SMILES string of the molecule is COc1ccc(Cl)cc1C=Nc1ccccc1. The Labute approximate surface area is 106 Å². The molecule has 3 heteroatoms. The smallest absolute Gasteiger partial charge is 0.127 e. The van der Waals surface area contributed by atoms with E-state index in [9.17, 15) is 0 Å². The quantitative estimate of drug-likeness (QED) is 0.746. The van der Waals surface area contributed by atoms with Gasteiger partial charge in [-0.25, -0.2) is 0 Å². The van der Waals surface area contributed by atoms with Crippen LogP contribution in [0.25, 0.3) is 0 Å². The topological polar surface area (TPSA) is 21.6 Å². The molecule has 2 aromatic carbocycles. The minimum absolute atomic E-state index is 0.667. The van der Waals surface area contributed by atoms with Crippen LogP contribution in [0.2, 0.25) is 5.02 Å². The zero-order valence-electron chi connectivity index (χ0n) is 9.43. The van der Waals surface area contributed by atoms with E-state index in [1.807, 2.05) is 42.5 Å². The summed E-state index contributed by atoms with van der Waals surface area (Å²) in [5.74, 6) is 0.758. The number of aliphatic imine (C=N–C) groups is 1. The molecule has 0 aliphatic rings. The fraction of sp³-hybridized carbons (Fsp3) is 0.0714. The van der Waals surface area contributed by atoms with Crippen molar-refractivity contribution >= 4 is 23.5 Å². The van der Waals surface area contributed by atoms with Crippen LogP contribution in [0.15, 0.2) is 53.5 Å². The summed E-state index contributed by atoms with van der Waals surface area (Å²) in [5.41, 5.74) is 1.76. The minimum Gasteiger partial charge on any atom is -0.496 e. The number of nitrogens with zero attached hydrogens (tertiary/aromatic N) is 1. The molecule has 0 radical (unpaired) electrons. The third-order valence-electron chi connectivity index (χ3n) is 2.30. The maximum atomic E-state index is 5.94. The average Bonchev–Trinajstić information content (AvgIpc) is 2.38. The van der Waals surface area contributed by atoms with Crippen LogP contribution in [-0.4, -0.2) is 13.3 Å². The van der Waals surface area contributed by atoms with E-state index in [0.717, 1.165) is 17.0 Å². The Morgan fingerprint density at radius 2 is 1.88 bits per heavy atom. The molecule has 0 aromatic heterocycles. The van der Waals surface area contributed by atoms with E-state index in [4.69, 9.17) is 16.3 Å². The molecule has 17 heavy (non-hydrogen) atoms. The number of hydrogen-bond donors (Lipinski definition) is 0. The van der Waals surface area contributed by atoms with Gasteiger partial charge in [0.2, 0.25) is 0 Å². The summed E-state index contributed by atoms with van der Waals surface area (Å²) in [4.78, 5) is 4.36. The molecule has 2 nitrogen and oxygen atoms in total. The van der Waals surface area contributed by atoms with Crippen molar-refractivity contribution in [3.05, 3.63) is 59.1 Å². The number of methoxy groups -OCH3 is 1. The lowest BCUT2D eigenvalue weighted by Crippen LogP contribution is -1.90. The first-order chi connectivity index (χ1) is 8.29. The summed E-state index contributed by atoms with van der Waals surface area (Å²) in [6.45, 7) is 0. The van der Waals surface area contributed by atoms with Gasteiger partial charge in [-0.2, -0.15) is 0 Å². The van der Waals surface area contributed by atoms with Crippen molar-refractivity contribution in [2.24, 2.45) is 4.99 Å². The second-order valence-electron chi connectivity index (χ2n) is 3.48. The van der Waals surface area contributed by atoms with E-state index in [0.29, 0.717) is 5.02 Å². The summed E-state index contributed by atoms with van der Waals surface area (Å²) in [5, 5.41) is 0.667. The number of hydrogen-bond acceptors (Lipinski definition) is 2.